The number of rotatable bonds is 2. The van der Waals surface area contributed by atoms with Gasteiger partial charge in [-0.25, -0.2) is 4.98 Å². The lowest BCUT2D eigenvalue weighted by atomic mass is 9.75. The average molecular weight is 404 g/mol. The second kappa shape index (κ2) is 5.65. The zero-order chi connectivity index (χ0) is 17.1. The lowest BCUT2D eigenvalue weighted by Crippen LogP contribution is -2.61. The molecule has 1 aliphatic carbocycles. The molecule has 1 aromatic carbocycles. The van der Waals surface area contributed by atoms with Gasteiger partial charge in [0, 0.05) is 28.4 Å². The van der Waals surface area contributed by atoms with E-state index in [0.29, 0.717) is 35.4 Å². The molecule has 0 bridgehead atoms. The summed E-state index contributed by atoms with van der Waals surface area (Å²) in [6, 6.07) is 6.05. The predicted octanol–water partition coefficient (Wildman–Crippen LogP) is 2.78. The minimum atomic E-state index is -0.243. The Morgan fingerprint density at radius 3 is 3.16 bits per heavy atom. The molecule has 5 rings (SSSR count). The summed E-state index contributed by atoms with van der Waals surface area (Å²) in [7, 11) is 0. The highest BCUT2D eigenvalue weighted by Crippen LogP contribution is 2.38. The fourth-order valence-electron chi connectivity index (χ4n) is 4.31. The highest BCUT2D eigenvalue weighted by Gasteiger charge is 2.44. The summed E-state index contributed by atoms with van der Waals surface area (Å²) in [6.45, 7) is 1.46. The van der Waals surface area contributed by atoms with E-state index in [0.717, 1.165) is 35.7 Å². The smallest absolute Gasteiger partial charge is 0.294 e. The van der Waals surface area contributed by atoms with Gasteiger partial charge in [0.25, 0.3) is 5.56 Å². The molecular formula is C18H18BrN3O3. The molecule has 7 heteroatoms. The quantitative estimate of drug-likeness (QED) is 0.687. The van der Waals surface area contributed by atoms with Gasteiger partial charge in [0.1, 0.15) is 16.9 Å². The number of halogens is 1. The van der Waals surface area contributed by atoms with Crippen molar-refractivity contribution in [3.63, 3.8) is 0 Å². The molecule has 3 heterocycles. The molecule has 2 fully saturated rings. The Morgan fingerprint density at radius 2 is 2.28 bits per heavy atom. The number of aliphatic hydroxyl groups excluding tert-OH is 1. The summed E-state index contributed by atoms with van der Waals surface area (Å²) in [6.07, 6.45) is 2.89. The van der Waals surface area contributed by atoms with Crippen LogP contribution in [-0.2, 0) is 6.54 Å². The van der Waals surface area contributed by atoms with Crippen LogP contribution in [0.5, 0.6) is 0 Å². The van der Waals surface area contributed by atoms with Crippen molar-refractivity contribution in [3.8, 4) is 0 Å². The summed E-state index contributed by atoms with van der Waals surface area (Å²) >= 11 is 3.46. The number of aromatic nitrogens is 2. The molecule has 1 saturated carbocycles. The predicted molar refractivity (Wildman–Crippen MR) is 97.4 cm³/mol. The highest BCUT2D eigenvalue weighted by atomic mass is 79.9. The number of aliphatic hydroxyl groups is 1. The lowest BCUT2D eigenvalue weighted by molar-refractivity contribution is -0.0927. The van der Waals surface area contributed by atoms with Crippen LogP contribution in [0.3, 0.4) is 0 Å². The highest BCUT2D eigenvalue weighted by molar-refractivity contribution is 9.10. The van der Waals surface area contributed by atoms with E-state index in [1.54, 1.807) is 0 Å². The van der Waals surface area contributed by atoms with Gasteiger partial charge in [0.05, 0.1) is 12.6 Å². The van der Waals surface area contributed by atoms with Gasteiger partial charge in [-0.3, -0.25) is 9.69 Å². The van der Waals surface area contributed by atoms with E-state index in [1.165, 1.54) is 0 Å². The lowest BCUT2D eigenvalue weighted by Gasteiger charge is -2.52. The molecule has 2 N–H and O–H groups in total. The largest absolute Gasteiger partial charge is 0.449 e. The Morgan fingerprint density at radius 1 is 1.40 bits per heavy atom. The molecule has 1 aliphatic heterocycles. The summed E-state index contributed by atoms with van der Waals surface area (Å²) in [4.78, 5) is 22.2. The van der Waals surface area contributed by atoms with Crippen molar-refractivity contribution in [2.45, 2.75) is 38.0 Å². The molecule has 6 nitrogen and oxygen atoms in total. The molecule has 130 valence electrons. The Hall–Kier alpha value is -1.70. The average Bonchev–Trinajstić information content (AvgIpc) is 2.93. The molecule has 0 radical (unpaired) electrons. The number of aromatic amines is 1. The van der Waals surface area contributed by atoms with Gasteiger partial charge in [-0.2, -0.15) is 0 Å². The molecule has 1 saturated heterocycles. The third-order valence-electron chi connectivity index (χ3n) is 5.59. The first-order valence-corrected chi connectivity index (χ1v) is 9.42. The summed E-state index contributed by atoms with van der Waals surface area (Å²) in [5, 5.41) is 10.9. The van der Waals surface area contributed by atoms with Crippen LogP contribution in [0.1, 0.15) is 25.1 Å². The van der Waals surface area contributed by atoms with Gasteiger partial charge in [0.15, 0.2) is 0 Å². The fourth-order valence-corrected chi connectivity index (χ4v) is 4.67. The number of hydrogen-bond acceptors (Lipinski definition) is 5. The second-order valence-electron chi connectivity index (χ2n) is 7.09. The number of fused-ring (bicyclic) bond motifs is 4. The van der Waals surface area contributed by atoms with E-state index in [9.17, 15) is 9.90 Å². The number of H-pyrrole nitrogens is 1. The molecule has 2 aliphatic rings. The third kappa shape index (κ3) is 2.45. The Kier molecular flexibility index (Phi) is 3.52. The van der Waals surface area contributed by atoms with Crippen LogP contribution in [0.2, 0.25) is 0 Å². The number of furan rings is 1. The van der Waals surface area contributed by atoms with Crippen molar-refractivity contribution >= 4 is 38.0 Å². The van der Waals surface area contributed by atoms with Gasteiger partial charge in [-0.15, -0.1) is 0 Å². The minimum absolute atomic E-state index is 0.181. The Bertz CT molecular complexity index is 1030. The molecule has 0 amide bonds. The van der Waals surface area contributed by atoms with E-state index >= 15 is 0 Å². The van der Waals surface area contributed by atoms with Crippen LogP contribution in [-0.4, -0.2) is 38.7 Å². The zero-order valence-corrected chi connectivity index (χ0v) is 15.1. The van der Waals surface area contributed by atoms with Crippen molar-refractivity contribution in [1.82, 2.24) is 14.9 Å². The minimum Gasteiger partial charge on any atom is -0.449 e. The van der Waals surface area contributed by atoms with Crippen LogP contribution in [0.25, 0.3) is 22.1 Å². The van der Waals surface area contributed by atoms with E-state index in [-0.39, 0.29) is 17.2 Å². The van der Waals surface area contributed by atoms with Gasteiger partial charge in [-0.1, -0.05) is 15.9 Å². The molecule has 3 aromatic rings. The molecule has 25 heavy (non-hydrogen) atoms. The van der Waals surface area contributed by atoms with Crippen LogP contribution >= 0.6 is 15.9 Å². The number of benzene rings is 1. The van der Waals surface area contributed by atoms with Crippen LogP contribution in [0.15, 0.2) is 31.9 Å². The second-order valence-corrected chi connectivity index (χ2v) is 8.01. The standard InChI is InChI=1S/C18H18BrN3O3/c19-9-4-5-14-10(6-9)16-17(25-14)18(24)21-15(20-16)8-22-7-11-12(22)2-1-3-13(11)23/h4-6,11-13,23H,1-3,7-8H2,(H,20,21,24). The number of nitrogens with zero attached hydrogens (tertiary/aromatic N) is 2. The number of nitrogens with one attached hydrogen (secondary N) is 1. The van der Waals surface area contributed by atoms with Crippen molar-refractivity contribution < 1.29 is 9.52 Å². The van der Waals surface area contributed by atoms with E-state index in [1.807, 2.05) is 18.2 Å². The van der Waals surface area contributed by atoms with Crippen LogP contribution in [0.4, 0.5) is 0 Å². The fraction of sp³-hybridized carbons (Fsp3) is 0.444. The number of hydrogen-bond donors (Lipinski definition) is 2. The van der Waals surface area contributed by atoms with Crippen LogP contribution in [0, 0.1) is 5.92 Å². The van der Waals surface area contributed by atoms with Gasteiger partial charge < -0.3 is 14.5 Å². The Balaban J connectivity index is 1.51. The zero-order valence-electron chi connectivity index (χ0n) is 13.5. The van der Waals surface area contributed by atoms with E-state index < -0.39 is 0 Å². The van der Waals surface area contributed by atoms with E-state index in [4.69, 9.17) is 4.42 Å². The molecule has 3 unspecified atom stereocenters. The maximum Gasteiger partial charge on any atom is 0.294 e. The third-order valence-corrected chi connectivity index (χ3v) is 6.08. The first kappa shape index (κ1) is 15.5. The number of likely N-dealkylation sites (tertiary alicyclic amines) is 1. The van der Waals surface area contributed by atoms with Crippen molar-refractivity contribution in [3.05, 3.63) is 38.9 Å². The molecule has 3 atom stereocenters. The summed E-state index contributed by atoms with van der Waals surface area (Å²) in [5.41, 5.74) is 1.29. The molecule has 2 aromatic heterocycles. The van der Waals surface area contributed by atoms with Crippen molar-refractivity contribution in [1.29, 1.82) is 0 Å². The van der Waals surface area contributed by atoms with Gasteiger partial charge in [0.2, 0.25) is 5.58 Å². The Labute approximate surface area is 152 Å². The van der Waals surface area contributed by atoms with E-state index in [2.05, 4.69) is 30.8 Å². The summed E-state index contributed by atoms with van der Waals surface area (Å²) < 4.78 is 6.59. The van der Waals surface area contributed by atoms with Gasteiger partial charge in [-0.05, 0) is 37.5 Å². The maximum absolute atomic E-state index is 12.4. The van der Waals surface area contributed by atoms with Crippen molar-refractivity contribution in [2.75, 3.05) is 6.54 Å². The normalized spacial score (nSPS) is 26.7. The SMILES string of the molecule is O=c1[nH]c(CN2CC3C(O)CCCC32)nc2c1oc1ccc(Br)cc12. The van der Waals surface area contributed by atoms with Gasteiger partial charge >= 0.3 is 0 Å². The summed E-state index contributed by atoms with van der Waals surface area (Å²) in [5.74, 6) is 1.02. The first-order valence-electron chi connectivity index (χ1n) is 8.63. The molecular weight excluding hydrogens is 386 g/mol. The monoisotopic (exact) mass is 403 g/mol. The van der Waals surface area contributed by atoms with Crippen molar-refractivity contribution in [2.24, 2.45) is 5.92 Å². The topological polar surface area (TPSA) is 82.4 Å². The van der Waals surface area contributed by atoms with Crippen LogP contribution < -0.4 is 5.56 Å². The maximum atomic E-state index is 12.4. The molecule has 0 spiro atoms. The first-order chi connectivity index (χ1) is 12.1.